The third-order valence-corrected chi connectivity index (χ3v) is 4.51. The van der Waals surface area contributed by atoms with Gasteiger partial charge in [0.1, 0.15) is 12.4 Å². The van der Waals surface area contributed by atoms with E-state index in [0.717, 1.165) is 27.6 Å². The van der Waals surface area contributed by atoms with Crippen LogP contribution in [-0.2, 0) is 6.61 Å². The van der Waals surface area contributed by atoms with E-state index in [1.165, 1.54) is 12.1 Å². The van der Waals surface area contributed by atoms with Crippen LogP contribution in [0.25, 0.3) is 10.8 Å². The highest BCUT2D eigenvalue weighted by molar-refractivity contribution is 5.94. The van der Waals surface area contributed by atoms with Gasteiger partial charge in [0, 0.05) is 29.4 Å². The molecule has 4 nitrogen and oxygen atoms in total. The third-order valence-electron chi connectivity index (χ3n) is 4.51. The molecule has 5 heteroatoms. The molecule has 3 aromatic carbocycles. The fraction of sp³-hybridized carbons (Fsp3) is 0.0833. The Morgan fingerprint density at radius 3 is 2.69 bits per heavy atom. The lowest BCUT2D eigenvalue weighted by molar-refractivity contribution is 0.284. The molecule has 0 atom stereocenters. The summed E-state index contributed by atoms with van der Waals surface area (Å²) in [6, 6.07) is 19.8. The Labute approximate surface area is 168 Å². The van der Waals surface area contributed by atoms with Crippen molar-refractivity contribution in [2.24, 2.45) is 4.99 Å². The van der Waals surface area contributed by atoms with Gasteiger partial charge in [0.05, 0.1) is 12.8 Å². The average molecular weight is 386 g/mol. The summed E-state index contributed by atoms with van der Waals surface area (Å²) in [6.07, 6.45) is 5.38. The Kier molecular flexibility index (Phi) is 5.47. The zero-order valence-corrected chi connectivity index (χ0v) is 15.9. The number of aromatic nitrogens is 1. The molecule has 0 bridgehead atoms. The monoisotopic (exact) mass is 386 g/mol. The van der Waals surface area contributed by atoms with Gasteiger partial charge in [-0.3, -0.25) is 9.98 Å². The van der Waals surface area contributed by atoms with Gasteiger partial charge < -0.3 is 9.47 Å². The summed E-state index contributed by atoms with van der Waals surface area (Å²) in [5.74, 6) is 0.959. The zero-order chi connectivity index (χ0) is 20.1. The predicted octanol–water partition coefficient (Wildman–Crippen LogP) is 5.71. The van der Waals surface area contributed by atoms with Gasteiger partial charge in [-0.05, 0) is 53.6 Å². The zero-order valence-electron chi connectivity index (χ0n) is 15.9. The molecule has 1 heterocycles. The smallest absolute Gasteiger partial charge is 0.161 e. The first-order chi connectivity index (χ1) is 14.2. The molecule has 1 aromatic heterocycles. The topological polar surface area (TPSA) is 43.7 Å². The molecule has 0 amide bonds. The van der Waals surface area contributed by atoms with Crippen molar-refractivity contribution in [3.8, 4) is 11.5 Å². The molecule has 0 aliphatic rings. The number of nitrogens with zero attached hydrogens (tertiary/aromatic N) is 2. The summed E-state index contributed by atoms with van der Waals surface area (Å²) in [4.78, 5) is 8.77. The number of methoxy groups -OCH3 is 1. The largest absolute Gasteiger partial charge is 0.493 e. The molecule has 4 rings (SSSR count). The second-order valence-corrected chi connectivity index (χ2v) is 6.46. The van der Waals surface area contributed by atoms with Crippen molar-refractivity contribution < 1.29 is 13.9 Å². The summed E-state index contributed by atoms with van der Waals surface area (Å²) in [5.41, 5.74) is 2.65. The molecule has 29 heavy (non-hydrogen) atoms. The van der Waals surface area contributed by atoms with E-state index in [4.69, 9.17) is 9.47 Å². The van der Waals surface area contributed by atoms with E-state index in [-0.39, 0.29) is 5.82 Å². The van der Waals surface area contributed by atoms with Gasteiger partial charge in [0.15, 0.2) is 11.5 Å². The van der Waals surface area contributed by atoms with E-state index in [2.05, 4.69) is 9.98 Å². The third kappa shape index (κ3) is 4.41. The maximum atomic E-state index is 13.0. The van der Waals surface area contributed by atoms with E-state index >= 15 is 0 Å². The minimum Gasteiger partial charge on any atom is -0.493 e. The molecule has 0 spiro atoms. The van der Waals surface area contributed by atoms with E-state index in [1.54, 1.807) is 31.7 Å². The van der Waals surface area contributed by atoms with Crippen molar-refractivity contribution in [1.82, 2.24) is 4.98 Å². The van der Waals surface area contributed by atoms with Crippen LogP contribution in [0.15, 0.2) is 84.1 Å². The molecule has 4 aromatic rings. The van der Waals surface area contributed by atoms with Crippen molar-refractivity contribution in [3.63, 3.8) is 0 Å². The first-order valence-corrected chi connectivity index (χ1v) is 9.15. The summed E-state index contributed by atoms with van der Waals surface area (Å²) in [6.45, 7) is 0.327. The quantitative estimate of drug-likeness (QED) is 0.399. The SMILES string of the molecule is COc1cc(C=Nc2cccc3cnccc23)ccc1OCc1ccc(F)cc1. The van der Waals surface area contributed by atoms with Crippen LogP contribution < -0.4 is 9.47 Å². The molecule has 0 unspecified atom stereocenters. The maximum absolute atomic E-state index is 13.0. The van der Waals surface area contributed by atoms with Crippen LogP contribution in [0.4, 0.5) is 10.1 Å². The first kappa shape index (κ1) is 18.6. The van der Waals surface area contributed by atoms with Crippen LogP contribution >= 0.6 is 0 Å². The van der Waals surface area contributed by atoms with Crippen LogP contribution in [-0.4, -0.2) is 18.3 Å². The fourth-order valence-electron chi connectivity index (χ4n) is 2.99. The number of halogens is 1. The van der Waals surface area contributed by atoms with Gasteiger partial charge in [-0.2, -0.15) is 0 Å². The Bertz CT molecular complexity index is 1150. The maximum Gasteiger partial charge on any atom is 0.161 e. The van der Waals surface area contributed by atoms with Gasteiger partial charge in [0.2, 0.25) is 0 Å². The highest BCUT2D eigenvalue weighted by atomic mass is 19.1. The number of ether oxygens (including phenoxy) is 2. The lowest BCUT2D eigenvalue weighted by Gasteiger charge is -2.11. The van der Waals surface area contributed by atoms with Gasteiger partial charge in [-0.1, -0.05) is 24.3 Å². The van der Waals surface area contributed by atoms with Crippen molar-refractivity contribution in [3.05, 3.63) is 96.1 Å². The van der Waals surface area contributed by atoms with E-state index < -0.39 is 0 Å². The lowest BCUT2D eigenvalue weighted by Crippen LogP contribution is -1.98. The minimum atomic E-state index is -0.266. The van der Waals surface area contributed by atoms with Gasteiger partial charge >= 0.3 is 0 Å². The van der Waals surface area contributed by atoms with Gasteiger partial charge in [-0.15, -0.1) is 0 Å². The summed E-state index contributed by atoms with van der Waals surface area (Å²) < 4.78 is 24.3. The predicted molar refractivity (Wildman–Crippen MR) is 113 cm³/mol. The number of fused-ring (bicyclic) bond motifs is 1. The highest BCUT2D eigenvalue weighted by Crippen LogP contribution is 2.29. The summed E-state index contributed by atoms with van der Waals surface area (Å²) >= 11 is 0. The summed E-state index contributed by atoms with van der Waals surface area (Å²) in [5, 5.41) is 2.09. The van der Waals surface area contributed by atoms with Crippen LogP contribution in [0.3, 0.4) is 0 Å². The summed E-state index contributed by atoms with van der Waals surface area (Å²) in [7, 11) is 1.60. The molecule has 0 saturated heterocycles. The number of hydrogen-bond acceptors (Lipinski definition) is 4. The number of rotatable bonds is 6. The van der Waals surface area contributed by atoms with E-state index in [1.807, 2.05) is 48.7 Å². The Balaban J connectivity index is 1.53. The Morgan fingerprint density at radius 2 is 1.86 bits per heavy atom. The molecule has 0 radical (unpaired) electrons. The standard InChI is InChI=1S/C24H19FN2O2/c1-28-24-13-18(7-10-23(24)29-16-17-5-8-20(25)9-6-17)14-27-22-4-2-3-19-15-26-12-11-21(19)22/h2-15H,16H2,1H3. The van der Waals surface area contributed by atoms with Crippen molar-refractivity contribution >= 4 is 22.7 Å². The number of pyridine rings is 1. The van der Waals surface area contributed by atoms with Crippen LogP contribution in [0.5, 0.6) is 11.5 Å². The van der Waals surface area contributed by atoms with Gasteiger partial charge in [-0.25, -0.2) is 4.39 Å². The van der Waals surface area contributed by atoms with Crippen molar-refractivity contribution in [1.29, 1.82) is 0 Å². The Morgan fingerprint density at radius 1 is 1.00 bits per heavy atom. The average Bonchev–Trinajstić information content (AvgIpc) is 2.77. The molecule has 0 fully saturated rings. The van der Waals surface area contributed by atoms with E-state index in [0.29, 0.717) is 18.1 Å². The van der Waals surface area contributed by atoms with Gasteiger partial charge in [0.25, 0.3) is 0 Å². The van der Waals surface area contributed by atoms with Crippen molar-refractivity contribution in [2.45, 2.75) is 6.61 Å². The van der Waals surface area contributed by atoms with Crippen molar-refractivity contribution in [2.75, 3.05) is 7.11 Å². The lowest BCUT2D eigenvalue weighted by atomic mass is 10.1. The second-order valence-electron chi connectivity index (χ2n) is 6.46. The molecule has 0 N–H and O–H groups in total. The second kappa shape index (κ2) is 8.52. The number of hydrogen-bond donors (Lipinski definition) is 0. The highest BCUT2D eigenvalue weighted by Gasteiger charge is 2.06. The molecule has 0 aliphatic heterocycles. The molecule has 0 aliphatic carbocycles. The first-order valence-electron chi connectivity index (χ1n) is 9.15. The minimum absolute atomic E-state index is 0.266. The fourth-order valence-corrected chi connectivity index (χ4v) is 2.99. The number of aliphatic imine (C=N–C) groups is 1. The number of benzene rings is 3. The Hall–Kier alpha value is -3.73. The van der Waals surface area contributed by atoms with Crippen LogP contribution in [0.1, 0.15) is 11.1 Å². The van der Waals surface area contributed by atoms with Crippen LogP contribution in [0.2, 0.25) is 0 Å². The normalized spacial score (nSPS) is 11.1. The van der Waals surface area contributed by atoms with E-state index in [9.17, 15) is 4.39 Å². The molecule has 144 valence electrons. The van der Waals surface area contributed by atoms with Crippen LogP contribution in [0, 0.1) is 5.82 Å². The molecular weight excluding hydrogens is 367 g/mol. The molecular formula is C24H19FN2O2. The molecule has 0 saturated carbocycles.